The number of pyridine rings is 1. The van der Waals surface area contributed by atoms with Crippen LogP contribution in [0, 0.1) is 13.8 Å². The highest BCUT2D eigenvalue weighted by Crippen LogP contribution is 2.25. The van der Waals surface area contributed by atoms with Gasteiger partial charge in [0.25, 0.3) is 5.91 Å². The number of benzene rings is 2. The molecule has 0 fully saturated rings. The lowest BCUT2D eigenvalue weighted by molar-refractivity contribution is 0.0730. The van der Waals surface area contributed by atoms with E-state index in [1.54, 1.807) is 30.5 Å². The zero-order valence-electron chi connectivity index (χ0n) is 17.3. The zero-order chi connectivity index (χ0) is 21.9. The van der Waals surface area contributed by atoms with Crippen molar-refractivity contribution in [2.24, 2.45) is 0 Å². The molecule has 5 nitrogen and oxygen atoms in total. The molecule has 154 valence electrons. The van der Waals surface area contributed by atoms with Crippen LogP contribution in [0.25, 0.3) is 0 Å². The van der Waals surface area contributed by atoms with Crippen LogP contribution in [0.3, 0.4) is 0 Å². The van der Waals surface area contributed by atoms with Crippen LogP contribution < -0.4 is 10.1 Å². The van der Waals surface area contributed by atoms with Gasteiger partial charge in [-0.05, 0) is 75.2 Å². The third-order valence-corrected chi connectivity index (χ3v) is 5.23. The Balaban J connectivity index is 1.86. The van der Waals surface area contributed by atoms with Gasteiger partial charge in [0.2, 0.25) is 0 Å². The van der Waals surface area contributed by atoms with Gasteiger partial charge < -0.3 is 10.1 Å². The molecule has 0 saturated heterocycles. The van der Waals surface area contributed by atoms with Crippen LogP contribution in [0.15, 0.2) is 65.3 Å². The van der Waals surface area contributed by atoms with E-state index in [0.29, 0.717) is 5.56 Å². The maximum atomic E-state index is 13.0. The second kappa shape index (κ2) is 8.79. The van der Waals surface area contributed by atoms with E-state index in [-0.39, 0.29) is 17.2 Å². The number of hydrogen-bond donors (Lipinski definition) is 1. The first-order valence-electron chi connectivity index (χ1n) is 9.51. The number of halogens is 1. The Kier molecular flexibility index (Phi) is 6.37. The molecule has 3 rings (SSSR count). The Morgan fingerprint density at radius 3 is 2.27 bits per heavy atom. The van der Waals surface area contributed by atoms with E-state index < -0.39 is 11.5 Å². The van der Waals surface area contributed by atoms with Crippen molar-refractivity contribution >= 4 is 27.8 Å². The fraction of sp³-hybridized carbons (Fsp3) is 0.208. The van der Waals surface area contributed by atoms with Crippen molar-refractivity contribution in [3.05, 3.63) is 93.2 Å². The Hall–Kier alpha value is -2.99. The summed E-state index contributed by atoms with van der Waals surface area (Å²) in [5, 5.41) is 2.97. The van der Waals surface area contributed by atoms with Gasteiger partial charge in [0.1, 0.15) is 5.75 Å². The van der Waals surface area contributed by atoms with E-state index >= 15 is 0 Å². The van der Waals surface area contributed by atoms with Gasteiger partial charge in [0.05, 0.1) is 22.4 Å². The second-order valence-corrected chi connectivity index (χ2v) is 8.51. The van der Waals surface area contributed by atoms with Gasteiger partial charge in [-0.3, -0.25) is 9.78 Å². The minimum absolute atomic E-state index is 0.207. The fourth-order valence-electron chi connectivity index (χ4n) is 3.27. The molecule has 0 atom stereocenters. The summed E-state index contributed by atoms with van der Waals surface area (Å²) in [6.45, 7) is 7.44. The highest BCUT2D eigenvalue weighted by Gasteiger charge is 2.27. The Labute approximate surface area is 184 Å². The van der Waals surface area contributed by atoms with Crippen molar-refractivity contribution in [3.8, 4) is 5.75 Å². The molecule has 1 heterocycles. The lowest BCUT2D eigenvalue weighted by Gasteiger charge is -2.26. The van der Waals surface area contributed by atoms with E-state index in [0.717, 1.165) is 21.3 Å². The van der Waals surface area contributed by atoms with Crippen molar-refractivity contribution in [1.29, 1.82) is 0 Å². The summed E-state index contributed by atoms with van der Waals surface area (Å²) in [6.07, 6.45) is 1.68. The molecule has 0 aliphatic heterocycles. The number of aryl methyl sites for hydroxylation is 2. The predicted octanol–water partition coefficient (Wildman–Crippen LogP) is 5.35. The molecule has 6 heteroatoms. The van der Waals surface area contributed by atoms with Gasteiger partial charge in [-0.1, -0.05) is 34.1 Å². The average molecular weight is 467 g/mol. The van der Waals surface area contributed by atoms with Crippen molar-refractivity contribution in [1.82, 2.24) is 10.3 Å². The van der Waals surface area contributed by atoms with Crippen molar-refractivity contribution in [3.63, 3.8) is 0 Å². The first-order valence-corrected chi connectivity index (χ1v) is 10.3. The normalized spacial score (nSPS) is 11.1. The van der Waals surface area contributed by atoms with Crippen LogP contribution in [0.5, 0.6) is 5.75 Å². The predicted molar refractivity (Wildman–Crippen MR) is 120 cm³/mol. The van der Waals surface area contributed by atoms with E-state index in [4.69, 9.17) is 4.74 Å². The van der Waals surface area contributed by atoms with Crippen LogP contribution in [-0.4, -0.2) is 16.9 Å². The molecular formula is C24H23BrN2O3. The number of para-hydroxylation sites is 1. The van der Waals surface area contributed by atoms with E-state index in [1.165, 1.54) is 0 Å². The maximum absolute atomic E-state index is 13.0. The smallest absolute Gasteiger partial charge is 0.344 e. The SMILES string of the molecule is Cc1cc(Br)cc(C)c1C(=O)Oc1ccccc1C(=O)NC(C)(C)c1ccccn1. The molecule has 3 aromatic rings. The third-order valence-electron chi connectivity index (χ3n) is 4.77. The van der Waals surface area contributed by atoms with Gasteiger partial charge in [-0.25, -0.2) is 4.79 Å². The maximum Gasteiger partial charge on any atom is 0.344 e. The molecule has 0 saturated carbocycles. The standard InChI is InChI=1S/C24H23BrN2O3/c1-15-13-17(25)14-16(2)21(15)23(29)30-19-10-6-5-9-18(19)22(28)27-24(3,4)20-11-7-8-12-26-20/h5-14H,1-4H3,(H,27,28). The molecule has 0 unspecified atom stereocenters. The summed E-state index contributed by atoms with van der Waals surface area (Å²) in [5.74, 6) is -0.640. The van der Waals surface area contributed by atoms with Crippen LogP contribution in [0.2, 0.25) is 0 Å². The minimum Gasteiger partial charge on any atom is -0.422 e. The number of amides is 1. The molecule has 0 radical (unpaired) electrons. The largest absolute Gasteiger partial charge is 0.422 e. The quantitative estimate of drug-likeness (QED) is 0.406. The molecule has 0 aliphatic carbocycles. The topological polar surface area (TPSA) is 68.3 Å². The summed E-state index contributed by atoms with van der Waals surface area (Å²) in [7, 11) is 0. The van der Waals surface area contributed by atoms with Crippen LogP contribution in [0.1, 0.15) is 51.4 Å². The number of carbonyl (C=O) groups is 2. The molecule has 1 N–H and O–H groups in total. The highest BCUT2D eigenvalue weighted by atomic mass is 79.9. The monoisotopic (exact) mass is 466 g/mol. The molecule has 2 aromatic carbocycles. The van der Waals surface area contributed by atoms with Gasteiger partial charge in [0.15, 0.2) is 0 Å². The van der Waals surface area contributed by atoms with Crippen molar-refractivity contribution in [2.75, 3.05) is 0 Å². The fourth-order valence-corrected chi connectivity index (χ4v) is 3.96. The van der Waals surface area contributed by atoms with Gasteiger partial charge in [-0.2, -0.15) is 0 Å². The molecule has 30 heavy (non-hydrogen) atoms. The highest BCUT2D eigenvalue weighted by molar-refractivity contribution is 9.10. The summed E-state index contributed by atoms with van der Waals surface area (Å²) in [4.78, 5) is 30.2. The number of ether oxygens (including phenoxy) is 1. The third kappa shape index (κ3) is 4.76. The number of carbonyl (C=O) groups excluding carboxylic acids is 2. The summed E-state index contributed by atoms with van der Waals surface area (Å²) in [6, 6.07) is 16.0. The van der Waals surface area contributed by atoms with E-state index in [1.807, 2.05) is 58.0 Å². The zero-order valence-corrected chi connectivity index (χ0v) is 18.9. The Morgan fingerprint density at radius 2 is 1.63 bits per heavy atom. The Bertz CT molecular complexity index is 1070. The summed E-state index contributed by atoms with van der Waals surface area (Å²) < 4.78 is 6.54. The molecule has 1 amide bonds. The Morgan fingerprint density at radius 1 is 1.00 bits per heavy atom. The van der Waals surface area contributed by atoms with E-state index in [2.05, 4.69) is 26.2 Å². The molecule has 0 bridgehead atoms. The van der Waals surface area contributed by atoms with Crippen molar-refractivity contribution < 1.29 is 14.3 Å². The van der Waals surface area contributed by atoms with Crippen molar-refractivity contribution in [2.45, 2.75) is 33.2 Å². The first kappa shape index (κ1) is 21.7. The molecule has 0 aliphatic rings. The number of aromatic nitrogens is 1. The van der Waals surface area contributed by atoms with Crippen LogP contribution in [-0.2, 0) is 5.54 Å². The van der Waals surface area contributed by atoms with Gasteiger partial charge in [-0.15, -0.1) is 0 Å². The summed E-state index contributed by atoms with van der Waals surface area (Å²) >= 11 is 3.43. The first-order chi connectivity index (χ1) is 14.2. The van der Waals surface area contributed by atoms with Crippen LogP contribution >= 0.6 is 15.9 Å². The minimum atomic E-state index is -0.700. The second-order valence-electron chi connectivity index (χ2n) is 7.59. The lowest BCUT2D eigenvalue weighted by Crippen LogP contribution is -2.41. The molecule has 1 aromatic heterocycles. The average Bonchev–Trinajstić information content (AvgIpc) is 2.68. The number of nitrogens with zero attached hydrogens (tertiary/aromatic N) is 1. The number of rotatable bonds is 5. The lowest BCUT2D eigenvalue weighted by atomic mass is 9.99. The van der Waals surface area contributed by atoms with E-state index in [9.17, 15) is 9.59 Å². The van der Waals surface area contributed by atoms with Crippen LogP contribution in [0.4, 0.5) is 0 Å². The number of hydrogen-bond acceptors (Lipinski definition) is 4. The molecule has 0 spiro atoms. The summed E-state index contributed by atoms with van der Waals surface area (Å²) in [5.41, 5.74) is 2.39. The van der Waals surface area contributed by atoms with Gasteiger partial charge in [0, 0.05) is 10.7 Å². The van der Waals surface area contributed by atoms with Gasteiger partial charge >= 0.3 is 5.97 Å². The number of nitrogens with one attached hydrogen (secondary N) is 1. The number of esters is 1. The molecular weight excluding hydrogens is 444 g/mol.